The Labute approximate surface area is 177 Å². The van der Waals surface area contributed by atoms with Crippen molar-refractivity contribution < 1.29 is 23.1 Å². The molecule has 0 aromatic carbocycles. The first kappa shape index (κ1) is 22.6. The van der Waals surface area contributed by atoms with Crippen LogP contribution in [0.5, 0.6) is 0 Å². The van der Waals surface area contributed by atoms with E-state index in [1.165, 1.54) is 24.8 Å². The van der Waals surface area contributed by atoms with Crippen LogP contribution >= 0.6 is 0 Å². The summed E-state index contributed by atoms with van der Waals surface area (Å²) in [5, 5.41) is 13.3. The first-order valence-electron chi connectivity index (χ1n) is 10.3. The van der Waals surface area contributed by atoms with Gasteiger partial charge in [0.2, 0.25) is 11.8 Å². The maximum atomic E-state index is 13.3. The number of rotatable bonds is 7. The Morgan fingerprint density at radius 3 is 2.67 bits per heavy atom. The Morgan fingerprint density at radius 2 is 2.03 bits per heavy atom. The topological polar surface area (TPSA) is 143 Å². The number of carbonyl (C=O) groups is 2. The highest BCUT2D eigenvalue weighted by Crippen LogP contribution is 2.42. The van der Waals surface area contributed by atoms with E-state index < -0.39 is 39.4 Å². The van der Waals surface area contributed by atoms with Gasteiger partial charge in [-0.15, -0.1) is 0 Å². The van der Waals surface area contributed by atoms with Crippen LogP contribution in [0.2, 0.25) is 0 Å². The fraction of sp³-hybridized carbons (Fsp3) is 0.600. The third-order valence-corrected chi connectivity index (χ3v) is 7.82. The van der Waals surface area contributed by atoms with Gasteiger partial charge in [-0.2, -0.15) is 8.42 Å². The van der Waals surface area contributed by atoms with Crippen LogP contribution in [0.15, 0.2) is 29.4 Å². The molecule has 1 saturated carbocycles. The lowest BCUT2D eigenvalue weighted by Gasteiger charge is -2.33. The maximum absolute atomic E-state index is 13.3. The lowest BCUT2D eigenvalue weighted by atomic mass is 9.80. The molecular formula is C20H29N4O5S. The van der Waals surface area contributed by atoms with E-state index in [4.69, 9.17) is 5.73 Å². The number of hydrogen-bond donors (Lipinski definition) is 3. The minimum Gasteiger partial charge on any atom is -0.390 e. The summed E-state index contributed by atoms with van der Waals surface area (Å²) in [4.78, 5) is 29.2. The normalized spacial score (nSPS) is 24.2. The number of aromatic nitrogens is 1. The van der Waals surface area contributed by atoms with E-state index in [2.05, 4.69) is 10.3 Å². The highest BCUT2D eigenvalue weighted by molar-refractivity contribution is 7.89. The maximum Gasteiger partial charge on any atom is 0.284 e. The molecule has 0 spiro atoms. The molecule has 2 aliphatic rings. The van der Waals surface area contributed by atoms with E-state index in [9.17, 15) is 23.1 Å². The van der Waals surface area contributed by atoms with E-state index in [0.29, 0.717) is 32.2 Å². The molecule has 1 aliphatic carbocycles. The van der Waals surface area contributed by atoms with E-state index in [1.54, 1.807) is 6.07 Å². The summed E-state index contributed by atoms with van der Waals surface area (Å²) >= 11 is 0. The van der Waals surface area contributed by atoms with Gasteiger partial charge in [0, 0.05) is 18.2 Å². The van der Waals surface area contributed by atoms with Crippen LogP contribution in [0.3, 0.4) is 0 Å². The average Bonchev–Trinajstić information content (AvgIpc) is 3.13. The Hall–Kier alpha value is -2.04. The number of carbonyl (C=O) groups excluding carboxylic acids is 2. The molecule has 1 aromatic rings. The number of nitrogens with one attached hydrogen (secondary N) is 1. The number of pyridine rings is 1. The van der Waals surface area contributed by atoms with Gasteiger partial charge in [-0.1, -0.05) is 18.9 Å². The molecule has 9 nitrogen and oxygen atoms in total. The summed E-state index contributed by atoms with van der Waals surface area (Å²) in [5.41, 5.74) is 4.78. The van der Waals surface area contributed by atoms with Crippen molar-refractivity contribution in [3.05, 3.63) is 30.8 Å². The molecule has 30 heavy (non-hydrogen) atoms. The number of aliphatic hydroxyl groups excluding tert-OH is 1. The number of nitrogens with zero attached hydrogens (tertiary/aromatic N) is 2. The molecule has 2 fully saturated rings. The Balaban J connectivity index is 1.90. The minimum atomic E-state index is -4.30. The molecule has 2 amide bonds. The summed E-state index contributed by atoms with van der Waals surface area (Å²) < 4.78 is 27.4. The zero-order valence-corrected chi connectivity index (χ0v) is 17.7. The van der Waals surface area contributed by atoms with Crippen LogP contribution in [-0.4, -0.2) is 59.9 Å². The number of nitrogens with two attached hydrogens (primary N) is 1. The van der Waals surface area contributed by atoms with Crippen molar-refractivity contribution in [3.63, 3.8) is 0 Å². The van der Waals surface area contributed by atoms with Gasteiger partial charge in [0.1, 0.15) is 0 Å². The molecule has 165 valence electrons. The SMILES string of the molecule is NC(=O)C1(C[CH]C(=O)N(C2CCCNC[C@@H]2O)S(=O)(=O)c2ccccn2)CCCC1. The molecule has 2 heterocycles. The fourth-order valence-corrected chi connectivity index (χ4v) is 5.88. The summed E-state index contributed by atoms with van der Waals surface area (Å²) in [7, 11) is -4.30. The molecule has 4 N–H and O–H groups in total. The number of hydrogen-bond acceptors (Lipinski definition) is 7. The molecule has 10 heteroatoms. The van der Waals surface area contributed by atoms with Crippen molar-refractivity contribution in [1.82, 2.24) is 14.6 Å². The second-order valence-corrected chi connectivity index (χ2v) is 9.81. The van der Waals surface area contributed by atoms with Crippen LogP contribution in [-0.2, 0) is 19.6 Å². The van der Waals surface area contributed by atoms with Gasteiger partial charge < -0.3 is 16.2 Å². The first-order valence-corrected chi connectivity index (χ1v) is 11.7. The molecule has 2 atom stereocenters. The van der Waals surface area contributed by atoms with Gasteiger partial charge in [-0.05, 0) is 50.8 Å². The number of sulfonamides is 1. The van der Waals surface area contributed by atoms with Crippen molar-refractivity contribution in [1.29, 1.82) is 0 Å². The largest absolute Gasteiger partial charge is 0.390 e. The molecule has 1 aliphatic heterocycles. The molecule has 1 radical (unpaired) electrons. The standard InChI is InChI=1S/C20H29N4O5S/c21-19(27)20(9-2-3-10-20)11-8-18(26)24(15-6-5-12-22-14-16(15)25)30(28,29)17-7-1-4-13-23-17/h1,4,7-8,13,15-16,22,25H,2-3,5-6,9-12,14H2,(H2,21,27)/t15?,16-/m0/s1. The smallest absolute Gasteiger partial charge is 0.284 e. The summed E-state index contributed by atoms with van der Waals surface area (Å²) in [6.07, 6.45) is 5.37. The quantitative estimate of drug-likeness (QED) is 0.558. The zero-order chi connectivity index (χ0) is 21.8. The van der Waals surface area contributed by atoms with E-state index in [-0.39, 0.29) is 18.0 Å². The predicted octanol–water partition coefficient (Wildman–Crippen LogP) is 0.352. The van der Waals surface area contributed by atoms with Gasteiger partial charge in [0.25, 0.3) is 10.0 Å². The highest BCUT2D eigenvalue weighted by atomic mass is 32.2. The first-order chi connectivity index (χ1) is 14.3. The zero-order valence-electron chi connectivity index (χ0n) is 16.9. The third-order valence-electron chi connectivity index (χ3n) is 6.08. The van der Waals surface area contributed by atoms with E-state index in [0.717, 1.165) is 17.1 Å². The molecule has 1 aromatic heterocycles. The second-order valence-electron chi connectivity index (χ2n) is 8.05. The molecule has 3 rings (SSSR count). The molecule has 1 saturated heterocycles. The summed E-state index contributed by atoms with van der Waals surface area (Å²) in [5.74, 6) is -1.24. The van der Waals surface area contributed by atoms with Crippen LogP contribution in [0.4, 0.5) is 0 Å². The van der Waals surface area contributed by atoms with Gasteiger partial charge in [0.15, 0.2) is 5.03 Å². The highest BCUT2D eigenvalue weighted by Gasteiger charge is 2.43. The lowest BCUT2D eigenvalue weighted by molar-refractivity contribution is -0.129. The van der Waals surface area contributed by atoms with E-state index in [1.807, 2.05) is 0 Å². The number of primary amides is 1. The van der Waals surface area contributed by atoms with Crippen LogP contribution in [0.1, 0.15) is 44.9 Å². The molecular weight excluding hydrogens is 408 g/mol. The predicted molar refractivity (Wildman–Crippen MR) is 109 cm³/mol. The lowest BCUT2D eigenvalue weighted by Crippen LogP contribution is -2.52. The van der Waals surface area contributed by atoms with Crippen molar-refractivity contribution in [2.45, 2.75) is 62.1 Å². The fourth-order valence-electron chi connectivity index (χ4n) is 4.32. The van der Waals surface area contributed by atoms with Crippen molar-refractivity contribution in [2.24, 2.45) is 11.1 Å². The van der Waals surface area contributed by atoms with Gasteiger partial charge in [-0.25, -0.2) is 9.29 Å². The number of β-amino-alcohol motifs (C(OH)–C–C–N with tert-alkyl or cyclic N) is 1. The van der Waals surface area contributed by atoms with Gasteiger partial charge in [0.05, 0.1) is 18.6 Å². The number of amides is 2. The third kappa shape index (κ3) is 4.65. The van der Waals surface area contributed by atoms with Crippen LogP contribution in [0.25, 0.3) is 0 Å². The number of aliphatic hydroxyl groups is 1. The Kier molecular flexibility index (Phi) is 7.10. The van der Waals surface area contributed by atoms with Gasteiger partial charge >= 0.3 is 0 Å². The molecule has 1 unspecified atom stereocenters. The minimum absolute atomic E-state index is 0.0798. The Morgan fingerprint density at radius 1 is 1.30 bits per heavy atom. The Bertz CT molecular complexity index is 855. The van der Waals surface area contributed by atoms with Crippen molar-refractivity contribution >= 4 is 21.8 Å². The van der Waals surface area contributed by atoms with Crippen LogP contribution < -0.4 is 11.1 Å². The monoisotopic (exact) mass is 437 g/mol. The molecule has 0 bridgehead atoms. The van der Waals surface area contributed by atoms with E-state index >= 15 is 0 Å². The average molecular weight is 438 g/mol. The van der Waals surface area contributed by atoms with Crippen molar-refractivity contribution in [3.8, 4) is 0 Å². The second kappa shape index (κ2) is 9.40. The van der Waals surface area contributed by atoms with Crippen molar-refractivity contribution in [2.75, 3.05) is 13.1 Å². The van der Waals surface area contributed by atoms with Crippen LogP contribution in [0, 0.1) is 11.8 Å². The summed E-state index contributed by atoms with van der Waals surface area (Å²) in [6.45, 7) is 0.797. The van der Waals surface area contributed by atoms with Gasteiger partial charge in [-0.3, -0.25) is 9.59 Å². The summed E-state index contributed by atoms with van der Waals surface area (Å²) in [6, 6.07) is 3.50.